The van der Waals surface area contributed by atoms with Crippen LogP contribution < -0.4 is 15.8 Å². The van der Waals surface area contributed by atoms with Crippen LogP contribution in [0, 0.1) is 0 Å². The minimum atomic E-state index is -4.71. The minimum Gasteiger partial charge on any atom is -0.406 e. The predicted molar refractivity (Wildman–Crippen MR) is 104 cm³/mol. The topological polar surface area (TPSA) is 72.5 Å². The molecular formula is C15H18F3IN4OS. The van der Waals surface area contributed by atoms with E-state index in [1.54, 1.807) is 11.3 Å². The normalized spacial score (nSPS) is 11.8. The second-order valence-corrected chi connectivity index (χ2v) is 5.74. The number of hydrogen-bond donors (Lipinski definition) is 2. The number of anilines is 1. The van der Waals surface area contributed by atoms with Gasteiger partial charge < -0.3 is 15.8 Å². The Morgan fingerprint density at radius 2 is 2.00 bits per heavy atom. The zero-order valence-electron chi connectivity index (χ0n) is 13.3. The second-order valence-electron chi connectivity index (χ2n) is 4.80. The molecule has 5 nitrogen and oxygen atoms in total. The monoisotopic (exact) mass is 486 g/mol. The van der Waals surface area contributed by atoms with E-state index in [1.807, 2.05) is 12.3 Å². The summed E-state index contributed by atoms with van der Waals surface area (Å²) < 4.78 is 40.0. The average molecular weight is 486 g/mol. The SMILES string of the molecule is CCc1nc(CCN=C(N)Nc2ccc(OC(F)(F)F)cc2)cs1.I. The second kappa shape index (κ2) is 9.80. The third kappa shape index (κ3) is 7.90. The predicted octanol–water partition coefficient (Wildman–Crippen LogP) is 4.19. The van der Waals surface area contributed by atoms with E-state index in [2.05, 4.69) is 20.0 Å². The lowest BCUT2D eigenvalue weighted by Gasteiger charge is -2.10. The number of aliphatic imine (C=N–C) groups is 1. The van der Waals surface area contributed by atoms with Gasteiger partial charge in [0, 0.05) is 24.0 Å². The molecule has 10 heteroatoms. The molecule has 0 spiro atoms. The van der Waals surface area contributed by atoms with Crippen LogP contribution in [-0.2, 0) is 12.8 Å². The molecule has 1 aromatic heterocycles. The maximum absolute atomic E-state index is 12.1. The largest absolute Gasteiger partial charge is 0.573 e. The van der Waals surface area contributed by atoms with Crippen LogP contribution in [0.4, 0.5) is 18.9 Å². The number of nitrogens with zero attached hydrogens (tertiary/aromatic N) is 2. The standard InChI is InChI=1S/C15H17F3N4OS.HI/c1-2-13-21-11(9-24-13)7-8-20-14(19)22-10-3-5-12(6-4-10)23-15(16,17)18;/h3-6,9H,2,7-8H2,1H3,(H3,19,20,22);1H. The molecular weight excluding hydrogens is 468 g/mol. The fourth-order valence-electron chi connectivity index (χ4n) is 1.84. The van der Waals surface area contributed by atoms with Crippen molar-refractivity contribution in [2.24, 2.45) is 10.7 Å². The quantitative estimate of drug-likeness (QED) is 0.365. The van der Waals surface area contributed by atoms with Crippen LogP contribution in [0.25, 0.3) is 0 Å². The summed E-state index contributed by atoms with van der Waals surface area (Å²) in [5, 5.41) is 5.89. The molecule has 0 saturated carbocycles. The number of halogens is 4. The van der Waals surface area contributed by atoms with Crippen molar-refractivity contribution in [1.82, 2.24) is 4.98 Å². The highest BCUT2D eigenvalue weighted by Gasteiger charge is 2.30. The van der Waals surface area contributed by atoms with Crippen LogP contribution >= 0.6 is 35.3 Å². The van der Waals surface area contributed by atoms with Gasteiger partial charge in [0.05, 0.1) is 10.7 Å². The highest BCUT2D eigenvalue weighted by molar-refractivity contribution is 14.0. The van der Waals surface area contributed by atoms with E-state index >= 15 is 0 Å². The van der Waals surface area contributed by atoms with Gasteiger partial charge in [-0.25, -0.2) is 4.98 Å². The summed E-state index contributed by atoms with van der Waals surface area (Å²) in [6, 6.07) is 5.25. The van der Waals surface area contributed by atoms with Gasteiger partial charge in [0.25, 0.3) is 0 Å². The lowest BCUT2D eigenvalue weighted by atomic mass is 10.3. The molecule has 0 aliphatic heterocycles. The molecule has 2 aromatic rings. The Bertz CT molecular complexity index is 689. The summed E-state index contributed by atoms with van der Waals surface area (Å²) in [5.41, 5.74) is 7.25. The Morgan fingerprint density at radius 1 is 1.32 bits per heavy atom. The zero-order valence-corrected chi connectivity index (χ0v) is 16.5. The fourth-order valence-corrected chi connectivity index (χ4v) is 2.62. The number of aryl methyl sites for hydroxylation is 1. The number of nitrogens with one attached hydrogen (secondary N) is 1. The number of benzene rings is 1. The van der Waals surface area contributed by atoms with Crippen molar-refractivity contribution in [3.63, 3.8) is 0 Å². The van der Waals surface area contributed by atoms with E-state index in [4.69, 9.17) is 5.73 Å². The number of alkyl halides is 3. The van der Waals surface area contributed by atoms with Crippen molar-refractivity contribution in [3.8, 4) is 5.75 Å². The number of nitrogens with two attached hydrogens (primary N) is 1. The molecule has 0 aliphatic rings. The molecule has 0 radical (unpaired) electrons. The Kier molecular flexibility index (Phi) is 8.42. The summed E-state index contributed by atoms with van der Waals surface area (Å²) >= 11 is 1.62. The van der Waals surface area contributed by atoms with E-state index < -0.39 is 6.36 Å². The summed E-state index contributed by atoms with van der Waals surface area (Å²) in [6.07, 6.45) is -3.12. The lowest BCUT2D eigenvalue weighted by Crippen LogP contribution is -2.23. The van der Waals surface area contributed by atoms with Gasteiger partial charge in [0.1, 0.15) is 5.75 Å². The highest BCUT2D eigenvalue weighted by atomic mass is 127. The van der Waals surface area contributed by atoms with Crippen molar-refractivity contribution in [2.75, 3.05) is 11.9 Å². The molecule has 3 N–H and O–H groups in total. The van der Waals surface area contributed by atoms with E-state index in [0.29, 0.717) is 18.7 Å². The first-order valence-electron chi connectivity index (χ1n) is 7.22. The Labute approximate surface area is 164 Å². The molecule has 1 aromatic carbocycles. The number of aromatic nitrogens is 1. The van der Waals surface area contributed by atoms with Gasteiger partial charge in [0.15, 0.2) is 5.96 Å². The van der Waals surface area contributed by atoms with E-state index in [9.17, 15) is 13.2 Å². The minimum absolute atomic E-state index is 0. The third-order valence-electron chi connectivity index (χ3n) is 2.91. The van der Waals surface area contributed by atoms with Gasteiger partial charge >= 0.3 is 6.36 Å². The Hall–Kier alpha value is -1.56. The van der Waals surface area contributed by atoms with Gasteiger partial charge in [-0.1, -0.05) is 6.92 Å². The summed E-state index contributed by atoms with van der Waals surface area (Å²) in [4.78, 5) is 8.60. The molecule has 0 atom stereocenters. The molecule has 138 valence electrons. The number of hydrogen-bond acceptors (Lipinski definition) is 4. The Morgan fingerprint density at radius 3 is 2.56 bits per heavy atom. The maximum atomic E-state index is 12.1. The van der Waals surface area contributed by atoms with Gasteiger partial charge in [-0.05, 0) is 30.7 Å². The van der Waals surface area contributed by atoms with Crippen LogP contribution in [0.3, 0.4) is 0 Å². The van der Waals surface area contributed by atoms with Crippen LogP contribution in [0.2, 0.25) is 0 Å². The van der Waals surface area contributed by atoms with Crippen molar-refractivity contribution >= 4 is 47.0 Å². The smallest absolute Gasteiger partial charge is 0.406 e. The first kappa shape index (κ1) is 21.5. The van der Waals surface area contributed by atoms with Crippen LogP contribution in [0.5, 0.6) is 5.75 Å². The first-order valence-corrected chi connectivity index (χ1v) is 8.09. The van der Waals surface area contributed by atoms with Crippen molar-refractivity contribution in [1.29, 1.82) is 0 Å². The maximum Gasteiger partial charge on any atom is 0.573 e. The molecule has 0 unspecified atom stereocenters. The summed E-state index contributed by atoms with van der Waals surface area (Å²) in [6.45, 7) is 2.52. The first-order chi connectivity index (χ1) is 11.4. The number of thiazole rings is 1. The van der Waals surface area contributed by atoms with Crippen molar-refractivity contribution in [3.05, 3.63) is 40.3 Å². The van der Waals surface area contributed by atoms with Gasteiger partial charge in [-0.2, -0.15) is 0 Å². The van der Waals surface area contributed by atoms with Gasteiger partial charge in [-0.15, -0.1) is 48.5 Å². The van der Waals surface area contributed by atoms with Gasteiger partial charge in [0.2, 0.25) is 0 Å². The average Bonchev–Trinajstić information content (AvgIpc) is 2.96. The van der Waals surface area contributed by atoms with Crippen LogP contribution in [0.15, 0.2) is 34.6 Å². The molecule has 0 bridgehead atoms. The highest BCUT2D eigenvalue weighted by Crippen LogP contribution is 2.23. The van der Waals surface area contributed by atoms with E-state index in [1.165, 1.54) is 24.3 Å². The molecule has 0 aliphatic carbocycles. The number of rotatable bonds is 6. The third-order valence-corrected chi connectivity index (χ3v) is 3.95. The molecule has 25 heavy (non-hydrogen) atoms. The van der Waals surface area contributed by atoms with E-state index in [-0.39, 0.29) is 35.7 Å². The molecule has 2 rings (SSSR count). The van der Waals surface area contributed by atoms with Crippen LogP contribution in [-0.4, -0.2) is 23.9 Å². The summed E-state index contributed by atoms with van der Waals surface area (Å²) in [7, 11) is 0. The summed E-state index contributed by atoms with van der Waals surface area (Å²) in [5.74, 6) is -0.107. The van der Waals surface area contributed by atoms with Crippen molar-refractivity contribution < 1.29 is 17.9 Å². The molecule has 1 heterocycles. The Balaban J connectivity index is 0.00000312. The molecule has 0 saturated heterocycles. The van der Waals surface area contributed by atoms with Gasteiger partial charge in [-0.3, -0.25) is 4.99 Å². The fraction of sp³-hybridized carbons (Fsp3) is 0.333. The number of ether oxygens (including phenoxy) is 1. The molecule has 0 fully saturated rings. The van der Waals surface area contributed by atoms with Crippen molar-refractivity contribution in [2.45, 2.75) is 26.1 Å². The lowest BCUT2D eigenvalue weighted by molar-refractivity contribution is -0.274. The zero-order chi connectivity index (χ0) is 17.6. The van der Waals surface area contributed by atoms with E-state index in [0.717, 1.165) is 17.1 Å². The number of guanidine groups is 1. The molecule has 0 amide bonds. The van der Waals surface area contributed by atoms with Crippen LogP contribution in [0.1, 0.15) is 17.6 Å².